The van der Waals surface area contributed by atoms with Crippen LogP contribution in [-0.2, 0) is 27.6 Å². The number of esters is 1. The van der Waals surface area contributed by atoms with E-state index in [9.17, 15) is 4.79 Å². The third-order valence-corrected chi connectivity index (χ3v) is 5.91. The van der Waals surface area contributed by atoms with Gasteiger partial charge in [0.2, 0.25) is 12.1 Å². The lowest BCUT2D eigenvalue weighted by molar-refractivity contribution is -0.111. The van der Waals surface area contributed by atoms with Gasteiger partial charge in [-0.05, 0) is 24.3 Å². The van der Waals surface area contributed by atoms with Gasteiger partial charge in [-0.25, -0.2) is 4.79 Å². The second kappa shape index (κ2) is 9.07. The van der Waals surface area contributed by atoms with Gasteiger partial charge in [0.05, 0.1) is 19.5 Å². The molecule has 1 atom stereocenters. The first-order valence-electron chi connectivity index (χ1n) is 9.03. The first-order valence-corrected chi connectivity index (χ1v) is 11.0. The smallest absolute Gasteiger partial charge is 0.373 e. The third kappa shape index (κ3) is 4.69. The molecule has 7 heteroatoms. The van der Waals surface area contributed by atoms with Gasteiger partial charge in [0.15, 0.2) is 0 Å². The van der Waals surface area contributed by atoms with Crippen LogP contribution in [-0.4, -0.2) is 13.1 Å². The van der Waals surface area contributed by atoms with Crippen molar-refractivity contribution in [2.45, 2.75) is 24.4 Å². The lowest BCUT2D eigenvalue weighted by atomic mass is 10.1. The molecule has 0 amide bonds. The van der Waals surface area contributed by atoms with Crippen molar-refractivity contribution < 1.29 is 23.4 Å². The van der Waals surface area contributed by atoms with E-state index in [0.29, 0.717) is 12.4 Å². The Morgan fingerprint density at radius 3 is 2.79 bits per heavy atom. The lowest BCUT2D eigenvalue weighted by Gasteiger charge is -2.28. The predicted octanol–water partition coefficient (Wildman–Crippen LogP) is 5.87. The molecule has 0 fully saturated rings. The van der Waals surface area contributed by atoms with Crippen molar-refractivity contribution in [2.24, 2.45) is 0 Å². The van der Waals surface area contributed by atoms with Gasteiger partial charge in [-0.3, -0.25) is 0 Å². The topological polar surface area (TPSA) is 57.9 Å². The molecular weight excluding hydrogens is 456 g/mol. The maximum atomic E-state index is 11.5. The summed E-state index contributed by atoms with van der Waals surface area (Å²) >= 11 is 5.26. The molecule has 150 valence electrons. The fraction of sp³-hybridized carbons (Fsp3) is 0.227. The number of hydrogen-bond acceptors (Lipinski definition) is 6. The summed E-state index contributed by atoms with van der Waals surface area (Å²) < 4.78 is 23.3. The Balaban J connectivity index is 1.46. The molecule has 3 aromatic rings. The molecule has 0 bridgehead atoms. The van der Waals surface area contributed by atoms with E-state index < -0.39 is 12.3 Å². The van der Waals surface area contributed by atoms with Gasteiger partial charge in [-0.1, -0.05) is 46.3 Å². The Bertz CT molecular complexity index is 1000. The molecule has 5 nitrogen and oxygen atoms in total. The zero-order valence-electron chi connectivity index (χ0n) is 15.7. The molecule has 0 spiro atoms. The predicted molar refractivity (Wildman–Crippen MR) is 114 cm³/mol. The van der Waals surface area contributed by atoms with Crippen LogP contribution in [0.5, 0.6) is 5.75 Å². The third-order valence-electron chi connectivity index (χ3n) is 4.44. The van der Waals surface area contributed by atoms with Crippen LogP contribution in [0.15, 0.2) is 63.5 Å². The fourth-order valence-electron chi connectivity index (χ4n) is 3.09. The van der Waals surface area contributed by atoms with Crippen molar-refractivity contribution in [1.29, 1.82) is 0 Å². The van der Waals surface area contributed by atoms with Crippen LogP contribution in [0.2, 0.25) is 0 Å². The summed E-state index contributed by atoms with van der Waals surface area (Å²) in [6.45, 7) is 0.493. The summed E-state index contributed by atoms with van der Waals surface area (Å²) in [7, 11) is 1.34. The maximum Gasteiger partial charge on any atom is 0.373 e. The van der Waals surface area contributed by atoms with Crippen molar-refractivity contribution in [3.05, 3.63) is 87.3 Å². The number of thioether (sulfide) groups is 1. The van der Waals surface area contributed by atoms with Gasteiger partial charge in [-0.2, -0.15) is 0 Å². The molecule has 2 aromatic carbocycles. The zero-order valence-corrected chi connectivity index (χ0v) is 18.1. The number of methoxy groups -OCH3 is 1. The summed E-state index contributed by atoms with van der Waals surface area (Å²) in [4.78, 5) is 11.5. The molecule has 1 aliphatic heterocycles. The molecule has 1 aromatic heterocycles. The van der Waals surface area contributed by atoms with Crippen molar-refractivity contribution in [1.82, 2.24) is 0 Å². The molecule has 2 heterocycles. The van der Waals surface area contributed by atoms with Crippen LogP contribution in [0.3, 0.4) is 0 Å². The second-order valence-electron chi connectivity index (χ2n) is 6.47. The Kier molecular flexibility index (Phi) is 6.28. The molecule has 0 N–H and O–H groups in total. The highest BCUT2D eigenvalue weighted by Gasteiger charge is 2.24. The zero-order chi connectivity index (χ0) is 20.2. The van der Waals surface area contributed by atoms with Crippen LogP contribution in [0.25, 0.3) is 0 Å². The number of rotatable bonds is 6. The second-order valence-corrected chi connectivity index (χ2v) is 8.38. The quantitative estimate of drug-likeness (QED) is 0.416. The van der Waals surface area contributed by atoms with Crippen LogP contribution in [0, 0.1) is 0 Å². The standard InChI is InChI=1S/C22H19BrO5S/c1-25-21(24)19-8-7-18(27-19)13-29-12-16-10-17(23)9-15-11-26-22(28-20(15)16)14-5-3-2-4-6-14/h2-10,22H,11-13H2,1H3. The average Bonchev–Trinajstić information content (AvgIpc) is 3.22. The van der Waals surface area contributed by atoms with Gasteiger partial charge < -0.3 is 18.6 Å². The average molecular weight is 475 g/mol. The molecule has 4 rings (SSSR count). The molecular formula is C22H19BrO5S. The number of carbonyl (C=O) groups excluding carboxylic acids is 1. The molecule has 0 radical (unpaired) electrons. The normalized spacial score (nSPS) is 15.4. The van der Waals surface area contributed by atoms with Gasteiger partial charge in [0.25, 0.3) is 0 Å². The monoisotopic (exact) mass is 474 g/mol. The maximum absolute atomic E-state index is 11.5. The van der Waals surface area contributed by atoms with Crippen LogP contribution < -0.4 is 4.74 Å². The summed E-state index contributed by atoms with van der Waals surface area (Å²) in [6.07, 6.45) is -0.415. The SMILES string of the molecule is COC(=O)c1ccc(CSCc2cc(Br)cc3c2OC(c2ccccc2)OC3)o1. The summed E-state index contributed by atoms with van der Waals surface area (Å²) in [6, 6.07) is 17.4. The van der Waals surface area contributed by atoms with E-state index in [1.54, 1.807) is 23.9 Å². The Labute approximate surface area is 181 Å². The molecule has 0 saturated heterocycles. The van der Waals surface area contributed by atoms with E-state index in [1.807, 2.05) is 36.4 Å². The highest BCUT2D eigenvalue weighted by Crippen LogP contribution is 2.39. The van der Waals surface area contributed by atoms with Crippen LogP contribution in [0.4, 0.5) is 0 Å². The van der Waals surface area contributed by atoms with E-state index in [-0.39, 0.29) is 5.76 Å². The number of carbonyl (C=O) groups is 1. The minimum Gasteiger partial charge on any atom is -0.463 e. The van der Waals surface area contributed by atoms with E-state index >= 15 is 0 Å². The van der Waals surface area contributed by atoms with E-state index in [0.717, 1.165) is 38.4 Å². The number of hydrogen-bond donors (Lipinski definition) is 0. The Morgan fingerprint density at radius 1 is 1.17 bits per heavy atom. The number of ether oxygens (including phenoxy) is 3. The Morgan fingerprint density at radius 2 is 2.00 bits per heavy atom. The van der Waals surface area contributed by atoms with E-state index in [4.69, 9.17) is 13.9 Å². The van der Waals surface area contributed by atoms with Gasteiger partial charge >= 0.3 is 5.97 Å². The number of halogens is 1. The molecule has 29 heavy (non-hydrogen) atoms. The van der Waals surface area contributed by atoms with E-state index in [1.165, 1.54) is 7.11 Å². The van der Waals surface area contributed by atoms with Gasteiger partial charge in [0.1, 0.15) is 11.5 Å². The Hall–Kier alpha value is -2.22. The van der Waals surface area contributed by atoms with Crippen molar-refractivity contribution in [3.8, 4) is 5.75 Å². The summed E-state index contributed by atoms with van der Waals surface area (Å²) in [5.74, 6) is 2.71. The van der Waals surface area contributed by atoms with Crippen molar-refractivity contribution >= 4 is 33.7 Å². The minimum atomic E-state index is -0.470. The van der Waals surface area contributed by atoms with Crippen LogP contribution in [0.1, 0.15) is 39.3 Å². The minimum absolute atomic E-state index is 0.217. The van der Waals surface area contributed by atoms with Gasteiger partial charge in [0, 0.05) is 26.9 Å². The first kappa shape index (κ1) is 20.1. The highest BCUT2D eigenvalue weighted by atomic mass is 79.9. The van der Waals surface area contributed by atoms with Crippen molar-refractivity contribution in [3.63, 3.8) is 0 Å². The largest absolute Gasteiger partial charge is 0.463 e. The molecule has 1 aliphatic rings. The van der Waals surface area contributed by atoms with Crippen LogP contribution >= 0.6 is 27.7 Å². The lowest BCUT2D eigenvalue weighted by Crippen LogP contribution is -2.19. The van der Waals surface area contributed by atoms with E-state index in [2.05, 4.69) is 26.7 Å². The highest BCUT2D eigenvalue weighted by molar-refractivity contribution is 9.10. The number of furan rings is 1. The molecule has 0 aliphatic carbocycles. The van der Waals surface area contributed by atoms with Crippen molar-refractivity contribution in [2.75, 3.05) is 7.11 Å². The number of fused-ring (bicyclic) bond motifs is 1. The molecule has 0 saturated carbocycles. The molecule has 1 unspecified atom stereocenters. The number of benzene rings is 2. The summed E-state index contributed by atoms with van der Waals surface area (Å²) in [5.41, 5.74) is 3.10. The first-order chi connectivity index (χ1) is 14.1. The summed E-state index contributed by atoms with van der Waals surface area (Å²) in [5, 5.41) is 0. The fourth-order valence-corrected chi connectivity index (χ4v) is 4.53. The van der Waals surface area contributed by atoms with Gasteiger partial charge in [-0.15, -0.1) is 11.8 Å².